The van der Waals surface area contributed by atoms with Crippen LogP contribution in [-0.4, -0.2) is 114 Å². The first kappa shape index (κ1) is 51.0. The van der Waals surface area contributed by atoms with E-state index in [2.05, 4.69) is 26.6 Å². The van der Waals surface area contributed by atoms with Crippen LogP contribution in [0.5, 0.6) is 11.5 Å². The average Bonchev–Trinajstić information content (AvgIpc) is 3.82. The van der Waals surface area contributed by atoms with Gasteiger partial charge >= 0.3 is 6.09 Å². The molecule has 368 valence electrons. The number of rotatable bonds is 22. The molecule has 1 unspecified atom stereocenters. The van der Waals surface area contributed by atoms with Crippen LogP contribution >= 0.6 is 0 Å². The number of carbonyl (C=O) groups excluding carboxylic acids is 9. The number of alkyl carbamates (subject to hydrolysis) is 1. The van der Waals surface area contributed by atoms with E-state index in [1.807, 2.05) is 20.8 Å². The zero-order valence-electron chi connectivity index (χ0n) is 39.2. The van der Waals surface area contributed by atoms with Gasteiger partial charge in [-0.05, 0) is 102 Å². The first-order valence-electron chi connectivity index (χ1n) is 23.6. The maximum Gasteiger partial charge on any atom is 0.408 e. The van der Waals surface area contributed by atoms with Crippen LogP contribution in [0.15, 0.2) is 42.5 Å². The van der Waals surface area contributed by atoms with Crippen LogP contribution in [0.1, 0.15) is 131 Å². The summed E-state index contributed by atoms with van der Waals surface area (Å²) < 4.78 is 23.5. The highest BCUT2D eigenvalue weighted by molar-refractivity contribution is 6.24. The van der Waals surface area contributed by atoms with Crippen molar-refractivity contribution in [3.05, 3.63) is 59.2 Å². The number of nitrogens with one attached hydrogen (secondary N) is 5. The minimum Gasteiger partial charge on any atom is -0.494 e. The molecule has 68 heavy (non-hydrogen) atoms. The van der Waals surface area contributed by atoms with Gasteiger partial charge in [-0.1, -0.05) is 50.3 Å². The van der Waals surface area contributed by atoms with E-state index in [0.29, 0.717) is 56.4 Å². The predicted octanol–water partition coefficient (Wildman–Crippen LogP) is 3.79. The number of piperidine rings is 1. The van der Waals surface area contributed by atoms with Crippen LogP contribution in [0.3, 0.4) is 0 Å². The topological polar surface area (TPSA) is 254 Å². The molecule has 0 bridgehead atoms. The lowest BCUT2D eigenvalue weighted by Crippen LogP contribution is -2.59. The molecule has 0 radical (unpaired) electrons. The number of fused-ring (bicyclic) bond motifs is 1. The van der Waals surface area contributed by atoms with Crippen molar-refractivity contribution in [3.63, 3.8) is 0 Å². The van der Waals surface area contributed by atoms with Crippen LogP contribution in [0.2, 0.25) is 0 Å². The van der Waals surface area contributed by atoms with Crippen molar-refractivity contribution in [1.82, 2.24) is 31.5 Å². The molecule has 1 aliphatic carbocycles. The molecule has 2 aromatic rings. The van der Waals surface area contributed by atoms with Gasteiger partial charge in [0.25, 0.3) is 11.8 Å². The molecule has 2 saturated heterocycles. The SMILES string of the molecule is C[C@@H](OC(C)(C)C)[C@H](NC(=O)OCc1cccc(OCCCCOc2cccc3c2C(=O)N(C2CCC(=O)NC2=O)C3=O)c1)C(=O)N[C@@H](CC1CCCCC1)C(=O)N[C@H](C=O)C[C@@H]1CCNC1=O. The Kier molecular flexibility index (Phi) is 17.7. The summed E-state index contributed by atoms with van der Waals surface area (Å²) in [4.78, 5) is 117. The summed E-state index contributed by atoms with van der Waals surface area (Å²) in [5, 5.41) is 13.2. The summed E-state index contributed by atoms with van der Waals surface area (Å²) in [6.45, 7) is 7.93. The van der Waals surface area contributed by atoms with E-state index >= 15 is 0 Å². The van der Waals surface area contributed by atoms with Crippen LogP contribution in [0.25, 0.3) is 0 Å². The van der Waals surface area contributed by atoms with E-state index in [4.69, 9.17) is 18.9 Å². The predicted molar refractivity (Wildman–Crippen MR) is 244 cm³/mol. The molecule has 6 atom stereocenters. The number of nitrogens with zero attached hydrogens (tertiary/aromatic N) is 1. The van der Waals surface area contributed by atoms with Gasteiger partial charge in [-0.2, -0.15) is 0 Å². The number of unbranched alkanes of at least 4 members (excludes halogenated alkanes) is 1. The standard InChI is InChI=1S/C49H64N6O13/c1-29(68-49(2,3)4)41(45(61)52-36(25-30-12-6-5-7-13-30)43(59)51-33(27-56)26-32-20-21-50-42(32)58)54-48(64)67-28-31-14-10-15-34(24-31)65-22-8-9-23-66-38-17-11-16-35-40(38)47(63)55(46(35)62)37-18-19-39(57)53-44(37)60/h10-11,14-17,24,27,29-30,32-33,36-37,41H,5-9,12-13,18-23,25-26,28H2,1-4H3,(H,50,58)(H,51,59)(H,52,61)(H,54,64)(H,53,57,60)/t29-,32+,33+,36+,37?,41+/m1/s1. The lowest BCUT2D eigenvalue weighted by molar-refractivity contribution is -0.136. The van der Waals surface area contributed by atoms with E-state index in [1.54, 1.807) is 43.3 Å². The number of benzene rings is 2. The molecular formula is C49H64N6O13. The Hall–Kier alpha value is -6.37. The number of carbonyl (C=O) groups is 9. The highest BCUT2D eigenvalue weighted by Gasteiger charge is 2.46. The summed E-state index contributed by atoms with van der Waals surface area (Å²) in [5.41, 5.74) is 0.113. The van der Waals surface area contributed by atoms with Gasteiger partial charge in [0, 0.05) is 18.9 Å². The zero-order valence-corrected chi connectivity index (χ0v) is 39.2. The number of ether oxygens (including phenoxy) is 4. The maximum absolute atomic E-state index is 14.1. The van der Waals surface area contributed by atoms with Crippen LogP contribution in [0.4, 0.5) is 4.79 Å². The molecule has 3 heterocycles. The van der Waals surface area contributed by atoms with Gasteiger partial charge in [-0.15, -0.1) is 0 Å². The monoisotopic (exact) mass is 944 g/mol. The Morgan fingerprint density at radius 1 is 0.838 bits per heavy atom. The van der Waals surface area contributed by atoms with E-state index in [9.17, 15) is 43.2 Å². The minimum atomic E-state index is -1.27. The molecule has 6 rings (SSSR count). The first-order chi connectivity index (χ1) is 32.5. The maximum atomic E-state index is 14.1. The highest BCUT2D eigenvalue weighted by Crippen LogP contribution is 2.34. The summed E-state index contributed by atoms with van der Waals surface area (Å²) in [7, 11) is 0. The third-order valence-electron chi connectivity index (χ3n) is 12.4. The molecule has 0 spiro atoms. The fraction of sp³-hybridized carbons (Fsp3) is 0.571. The van der Waals surface area contributed by atoms with Crippen LogP contribution in [0, 0.1) is 11.8 Å². The van der Waals surface area contributed by atoms with Crippen molar-refractivity contribution >= 4 is 53.7 Å². The second kappa shape index (κ2) is 23.6. The van der Waals surface area contributed by atoms with E-state index in [0.717, 1.165) is 37.0 Å². The Morgan fingerprint density at radius 2 is 1.57 bits per heavy atom. The molecule has 19 nitrogen and oxygen atoms in total. The van der Waals surface area contributed by atoms with Gasteiger partial charge in [0.15, 0.2) is 0 Å². The summed E-state index contributed by atoms with van der Waals surface area (Å²) >= 11 is 0. The zero-order chi connectivity index (χ0) is 49.0. The first-order valence-corrected chi connectivity index (χ1v) is 23.6. The number of hydrogen-bond donors (Lipinski definition) is 5. The van der Waals surface area contributed by atoms with Gasteiger partial charge in [-0.25, -0.2) is 4.79 Å². The molecule has 3 aliphatic heterocycles. The third-order valence-corrected chi connectivity index (χ3v) is 12.4. The molecule has 0 aromatic heterocycles. The molecule has 1 saturated carbocycles. The Labute approximate surface area is 395 Å². The smallest absolute Gasteiger partial charge is 0.408 e. The quantitative estimate of drug-likeness (QED) is 0.0641. The highest BCUT2D eigenvalue weighted by atomic mass is 16.6. The fourth-order valence-corrected chi connectivity index (χ4v) is 9.10. The second-order valence-corrected chi connectivity index (χ2v) is 18.9. The molecule has 8 amide bonds. The average molecular weight is 945 g/mol. The summed E-state index contributed by atoms with van der Waals surface area (Å²) in [6.07, 6.45) is 5.92. The summed E-state index contributed by atoms with van der Waals surface area (Å²) in [5.74, 6) is -3.30. The lowest BCUT2D eigenvalue weighted by Gasteiger charge is -2.32. The van der Waals surface area contributed by atoms with Crippen molar-refractivity contribution in [2.45, 2.75) is 147 Å². The normalized spacial score (nSPS) is 20.3. The molecular weight excluding hydrogens is 881 g/mol. The minimum absolute atomic E-state index is 0.0183. The summed E-state index contributed by atoms with van der Waals surface area (Å²) in [6, 6.07) is 7.33. The molecule has 3 fully saturated rings. The van der Waals surface area contributed by atoms with E-state index < -0.39 is 83.3 Å². The van der Waals surface area contributed by atoms with Crippen molar-refractivity contribution < 1.29 is 62.1 Å². The number of amides is 8. The van der Waals surface area contributed by atoms with E-state index in [1.165, 1.54) is 6.07 Å². The third kappa shape index (κ3) is 13.9. The lowest BCUT2D eigenvalue weighted by atomic mass is 9.84. The van der Waals surface area contributed by atoms with Gasteiger partial charge in [0.05, 0.1) is 42.1 Å². The molecule has 5 N–H and O–H groups in total. The Morgan fingerprint density at radius 3 is 2.26 bits per heavy atom. The van der Waals surface area contributed by atoms with Gasteiger partial charge in [0.2, 0.25) is 29.5 Å². The molecule has 4 aliphatic rings. The Balaban J connectivity index is 0.995. The fourth-order valence-electron chi connectivity index (χ4n) is 9.10. The van der Waals surface area contributed by atoms with Gasteiger partial charge < -0.3 is 45.0 Å². The van der Waals surface area contributed by atoms with Crippen molar-refractivity contribution in [1.29, 1.82) is 0 Å². The van der Waals surface area contributed by atoms with Crippen LogP contribution < -0.4 is 36.1 Å². The largest absolute Gasteiger partial charge is 0.494 e. The van der Waals surface area contributed by atoms with Gasteiger partial charge in [0.1, 0.15) is 42.5 Å². The van der Waals surface area contributed by atoms with Crippen LogP contribution in [-0.2, 0) is 44.8 Å². The van der Waals surface area contributed by atoms with Crippen molar-refractivity contribution in [3.8, 4) is 11.5 Å². The number of aldehydes is 1. The molecule has 19 heteroatoms. The van der Waals surface area contributed by atoms with Crippen molar-refractivity contribution in [2.24, 2.45) is 11.8 Å². The molecule has 2 aromatic carbocycles. The van der Waals surface area contributed by atoms with Crippen molar-refractivity contribution in [2.75, 3.05) is 19.8 Å². The number of hydrogen-bond acceptors (Lipinski definition) is 13. The van der Waals surface area contributed by atoms with E-state index in [-0.39, 0.29) is 61.2 Å². The Bertz CT molecular complexity index is 2200. The second-order valence-electron chi connectivity index (χ2n) is 18.9. The number of imide groups is 2. The van der Waals surface area contributed by atoms with Gasteiger partial charge in [-0.3, -0.25) is 43.8 Å².